The molecule has 1 heterocycles. The lowest BCUT2D eigenvalue weighted by Crippen LogP contribution is -2.42. The summed E-state index contributed by atoms with van der Waals surface area (Å²) in [5.74, 6) is 0.154. The van der Waals surface area contributed by atoms with Gasteiger partial charge >= 0.3 is 0 Å². The van der Waals surface area contributed by atoms with Crippen molar-refractivity contribution in [2.24, 2.45) is 5.92 Å². The first-order valence-corrected chi connectivity index (χ1v) is 7.23. The van der Waals surface area contributed by atoms with Crippen molar-refractivity contribution < 1.29 is 9.50 Å². The molecule has 1 N–H and O–H groups in total. The molecule has 0 saturated carbocycles. The van der Waals surface area contributed by atoms with Crippen molar-refractivity contribution in [3.63, 3.8) is 0 Å². The van der Waals surface area contributed by atoms with Gasteiger partial charge in [0.2, 0.25) is 0 Å². The van der Waals surface area contributed by atoms with Gasteiger partial charge in [-0.1, -0.05) is 28.9 Å². The minimum Gasteiger partial charge on any atom is -0.393 e. The van der Waals surface area contributed by atoms with Gasteiger partial charge in [-0.15, -0.1) is 0 Å². The van der Waals surface area contributed by atoms with E-state index >= 15 is 0 Å². The molecule has 2 nitrogen and oxygen atoms in total. The Kier molecular flexibility index (Phi) is 4.76. The smallest absolute Gasteiger partial charge is 0.128 e. The first-order valence-electron chi connectivity index (χ1n) is 6.44. The average Bonchev–Trinajstić information content (AvgIpc) is 2.35. The Morgan fingerprint density at radius 1 is 1.50 bits per heavy atom. The summed E-state index contributed by atoms with van der Waals surface area (Å²) in [6, 6.07) is 5.20. The van der Waals surface area contributed by atoms with E-state index in [9.17, 15) is 9.50 Å². The molecule has 0 spiro atoms. The van der Waals surface area contributed by atoms with Crippen LogP contribution in [0.4, 0.5) is 4.39 Å². The molecule has 2 atom stereocenters. The Morgan fingerprint density at radius 3 is 2.94 bits per heavy atom. The van der Waals surface area contributed by atoms with Crippen molar-refractivity contribution in [3.8, 4) is 0 Å². The molecule has 1 aliphatic rings. The molecular weight excluding hydrogens is 297 g/mol. The molecule has 2 unspecified atom stereocenters. The van der Waals surface area contributed by atoms with Crippen LogP contribution in [0, 0.1) is 11.7 Å². The highest BCUT2D eigenvalue weighted by atomic mass is 79.9. The molecule has 0 bridgehead atoms. The first kappa shape index (κ1) is 14.0. The molecule has 1 fully saturated rings. The van der Waals surface area contributed by atoms with Crippen LogP contribution in [0.15, 0.2) is 22.7 Å². The zero-order chi connectivity index (χ0) is 13.1. The lowest BCUT2D eigenvalue weighted by molar-refractivity contribution is 0.0218. The van der Waals surface area contributed by atoms with E-state index in [0.29, 0.717) is 12.5 Å². The van der Waals surface area contributed by atoms with Gasteiger partial charge in [0.15, 0.2) is 0 Å². The molecule has 0 aromatic heterocycles. The number of piperidine rings is 1. The molecule has 0 aliphatic carbocycles. The maximum absolute atomic E-state index is 13.8. The van der Waals surface area contributed by atoms with Crippen LogP contribution < -0.4 is 0 Å². The molecule has 0 amide bonds. The maximum atomic E-state index is 13.8. The normalized spacial score (nSPS) is 25.3. The quantitative estimate of drug-likeness (QED) is 0.926. The SMILES string of the molecule is CCC1CN(Cc2ccc(Br)cc2F)CCC1O. The van der Waals surface area contributed by atoms with Gasteiger partial charge in [0.25, 0.3) is 0 Å². The highest BCUT2D eigenvalue weighted by Crippen LogP contribution is 2.23. The molecule has 4 heteroatoms. The maximum Gasteiger partial charge on any atom is 0.128 e. The van der Waals surface area contributed by atoms with Crippen LogP contribution in [0.25, 0.3) is 0 Å². The highest BCUT2D eigenvalue weighted by Gasteiger charge is 2.26. The Hall–Kier alpha value is -0.450. The zero-order valence-electron chi connectivity index (χ0n) is 10.6. The number of rotatable bonds is 3. The molecule has 1 saturated heterocycles. The van der Waals surface area contributed by atoms with Gasteiger partial charge in [-0.3, -0.25) is 4.90 Å². The number of aliphatic hydroxyl groups is 1. The van der Waals surface area contributed by atoms with Crippen LogP contribution in [0.3, 0.4) is 0 Å². The van der Waals surface area contributed by atoms with Gasteiger partial charge in [-0.2, -0.15) is 0 Å². The van der Waals surface area contributed by atoms with Gasteiger partial charge in [-0.05, 0) is 30.9 Å². The molecule has 1 aromatic carbocycles. The molecule has 0 radical (unpaired) electrons. The predicted octanol–water partition coefficient (Wildman–Crippen LogP) is 3.18. The lowest BCUT2D eigenvalue weighted by Gasteiger charge is -2.35. The molecule has 1 aliphatic heterocycles. The van der Waals surface area contributed by atoms with E-state index < -0.39 is 0 Å². The van der Waals surface area contributed by atoms with E-state index in [1.54, 1.807) is 0 Å². The third-order valence-electron chi connectivity index (χ3n) is 3.71. The van der Waals surface area contributed by atoms with Crippen molar-refractivity contribution >= 4 is 15.9 Å². The van der Waals surface area contributed by atoms with Crippen molar-refractivity contribution in [3.05, 3.63) is 34.1 Å². The summed E-state index contributed by atoms with van der Waals surface area (Å²) in [6.07, 6.45) is 1.57. The molecular formula is C14H19BrFNO. The molecule has 18 heavy (non-hydrogen) atoms. The van der Waals surface area contributed by atoms with E-state index in [4.69, 9.17) is 0 Å². The van der Waals surface area contributed by atoms with E-state index in [1.165, 1.54) is 6.07 Å². The second-order valence-electron chi connectivity index (χ2n) is 5.00. The fourth-order valence-electron chi connectivity index (χ4n) is 2.53. The van der Waals surface area contributed by atoms with E-state index in [1.807, 2.05) is 12.1 Å². The number of nitrogens with zero attached hydrogens (tertiary/aromatic N) is 1. The second-order valence-corrected chi connectivity index (χ2v) is 5.91. The topological polar surface area (TPSA) is 23.5 Å². The zero-order valence-corrected chi connectivity index (χ0v) is 12.2. The summed E-state index contributed by atoms with van der Waals surface area (Å²) >= 11 is 3.26. The number of aliphatic hydroxyl groups excluding tert-OH is 1. The van der Waals surface area contributed by atoms with Gasteiger partial charge < -0.3 is 5.11 Å². The Morgan fingerprint density at radius 2 is 2.28 bits per heavy atom. The number of benzene rings is 1. The summed E-state index contributed by atoms with van der Waals surface area (Å²) in [7, 11) is 0. The van der Waals surface area contributed by atoms with Gasteiger partial charge in [0, 0.05) is 29.7 Å². The number of hydrogen-bond donors (Lipinski definition) is 1. The minimum absolute atomic E-state index is 0.163. The van der Waals surface area contributed by atoms with Crippen LogP contribution in [-0.4, -0.2) is 29.2 Å². The lowest BCUT2D eigenvalue weighted by atomic mass is 9.92. The third-order valence-corrected chi connectivity index (χ3v) is 4.20. The minimum atomic E-state index is -0.194. The Bertz CT molecular complexity index is 413. The largest absolute Gasteiger partial charge is 0.393 e. The summed E-state index contributed by atoms with van der Waals surface area (Å²) in [5, 5.41) is 9.84. The van der Waals surface area contributed by atoms with Gasteiger partial charge in [-0.25, -0.2) is 4.39 Å². The van der Waals surface area contributed by atoms with Crippen molar-refractivity contribution in [1.82, 2.24) is 4.90 Å². The number of likely N-dealkylation sites (tertiary alicyclic amines) is 1. The van der Waals surface area contributed by atoms with Crippen LogP contribution in [0.5, 0.6) is 0 Å². The standard InChI is InChI=1S/C14H19BrFNO/c1-2-10-8-17(6-5-14(10)18)9-11-3-4-12(15)7-13(11)16/h3-4,7,10,14,18H,2,5-6,8-9H2,1H3. The summed E-state index contributed by atoms with van der Waals surface area (Å²) in [6.45, 7) is 4.42. The van der Waals surface area contributed by atoms with Crippen LogP contribution in [0.2, 0.25) is 0 Å². The van der Waals surface area contributed by atoms with E-state index in [0.717, 1.165) is 36.0 Å². The van der Waals surface area contributed by atoms with Crippen LogP contribution in [0.1, 0.15) is 25.3 Å². The highest BCUT2D eigenvalue weighted by molar-refractivity contribution is 9.10. The number of hydrogen-bond acceptors (Lipinski definition) is 2. The van der Waals surface area contributed by atoms with Crippen molar-refractivity contribution in [2.45, 2.75) is 32.4 Å². The average molecular weight is 316 g/mol. The summed E-state index contributed by atoms with van der Waals surface area (Å²) in [5.41, 5.74) is 0.726. The monoisotopic (exact) mass is 315 g/mol. The fraction of sp³-hybridized carbons (Fsp3) is 0.571. The summed E-state index contributed by atoms with van der Waals surface area (Å²) < 4.78 is 14.5. The van der Waals surface area contributed by atoms with Crippen molar-refractivity contribution in [1.29, 1.82) is 0 Å². The second kappa shape index (κ2) is 6.13. The fourth-order valence-corrected chi connectivity index (χ4v) is 2.86. The van der Waals surface area contributed by atoms with Crippen LogP contribution >= 0.6 is 15.9 Å². The molecule has 2 rings (SSSR count). The van der Waals surface area contributed by atoms with Crippen LogP contribution in [-0.2, 0) is 6.54 Å². The van der Waals surface area contributed by atoms with Gasteiger partial charge in [0.1, 0.15) is 5.82 Å². The summed E-state index contributed by atoms with van der Waals surface area (Å²) in [4.78, 5) is 2.23. The number of halogens is 2. The third kappa shape index (κ3) is 3.31. The van der Waals surface area contributed by atoms with E-state index in [-0.39, 0.29) is 11.9 Å². The van der Waals surface area contributed by atoms with Crippen molar-refractivity contribution in [2.75, 3.05) is 13.1 Å². The Balaban J connectivity index is 2.01. The molecule has 100 valence electrons. The predicted molar refractivity (Wildman–Crippen MR) is 73.8 cm³/mol. The van der Waals surface area contributed by atoms with Gasteiger partial charge in [0.05, 0.1) is 6.10 Å². The first-order chi connectivity index (χ1) is 8.60. The molecule has 1 aromatic rings. The van der Waals surface area contributed by atoms with E-state index in [2.05, 4.69) is 27.8 Å². The Labute approximate surface area is 116 Å².